The van der Waals surface area contributed by atoms with Crippen LogP contribution in [-0.2, 0) is 0 Å². The van der Waals surface area contributed by atoms with Crippen LogP contribution in [0.25, 0.3) is 0 Å². The van der Waals surface area contributed by atoms with Gasteiger partial charge in [0.05, 0.1) is 0 Å². The highest BCUT2D eigenvalue weighted by Crippen LogP contribution is 2.10. The number of pyridine rings is 1. The molecule has 0 radical (unpaired) electrons. The first kappa shape index (κ1) is 14.8. The summed E-state index contributed by atoms with van der Waals surface area (Å²) in [6.45, 7) is 7.46. The van der Waals surface area contributed by atoms with Crippen LogP contribution in [0.2, 0.25) is 0 Å². The van der Waals surface area contributed by atoms with E-state index in [4.69, 9.17) is 0 Å². The smallest absolute Gasteiger partial charge is 0.251 e. The Bertz CT molecular complexity index is 409. The van der Waals surface area contributed by atoms with Gasteiger partial charge in [0.2, 0.25) is 0 Å². The molecule has 5 heteroatoms. The highest BCUT2D eigenvalue weighted by atomic mass is 32.2. The molecule has 0 fully saturated rings. The monoisotopic (exact) mass is 267 g/mol. The van der Waals surface area contributed by atoms with E-state index in [-0.39, 0.29) is 5.91 Å². The molecule has 1 aromatic rings. The van der Waals surface area contributed by atoms with Crippen LogP contribution in [0.5, 0.6) is 0 Å². The van der Waals surface area contributed by atoms with E-state index in [0.717, 1.165) is 18.1 Å². The summed E-state index contributed by atoms with van der Waals surface area (Å²) in [6.07, 6.45) is 2.04. The Morgan fingerprint density at radius 1 is 1.50 bits per heavy atom. The van der Waals surface area contributed by atoms with Gasteiger partial charge in [-0.3, -0.25) is 4.79 Å². The first-order chi connectivity index (χ1) is 8.56. The van der Waals surface area contributed by atoms with E-state index in [1.54, 1.807) is 23.9 Å². The molecule has 0 bridgehead atoms. The van der Waals surface area contributed by atoms with Crippen LogP contribution >= 0.6 is 11.8 Å². The number of amides is 1. The standard InChI is InChI=1S/C13H21N3OS/c1-5-14-12-7-11(6-9(2)16-12)13(17)15-8-10(3)18-4/h6-7,10H,5,8H2,1-4H3,(H,14,16)(H,15,17). The third kappa shape index (κ3) is 4.56. The van der Waals surface area contributed by atoms with Crippen molar-refractivity contribution in [1.82, 2.24) is 10.3 Å². The second-order valence-electron chi connectivity index (χ2n) is 4.17. The molecule has 1 aromatic heterocycles. The van der Waals surface area contributed by atoms with Gasteiger partial charge in [-0.05, 0) is 32.2 Å². The molecule has 4 nitrogen and oxygen atoms in total. The fourth-order valence-corrected chi connectivity index (χ4v) is 1.74. The van der Waals surface area contributed by atoms with Gasteiger partial charge in [0.15, 0.2) is 0 Å². The number of anilines is 1. The molecule has 0 spiro atoms. The van der Waals surface area contributed by atoms with E-state index in [1.807, 2.05) is 20.1 Å². The minimum Gasteiger partial charge on any atom is -0.370 e. The molecule has 0 aliphatic carbocycles. The predicted molar refractivity (Wildman–Crippen MR) is 78.4 cm³/mol. The number of thioether (sulfide) groups is 1. The lowest BCUT2D eigenvalue weighted by Crippen LogP contribution is -2.29. The Morgan fingerprint density at radius 3 is 2.83 bits per heavy atom. The Morgan fingerprint density at radius 2 is 2.22 bits per heavy atom. The molecule has 0 aromatic carbocycles. The molecular formula is C13H21N3OS. The minimum atomic E-state index is -0.0412. The molecule has 18 heavy (non-hydrogen) atoms. The summed E-state index contributed by atoms with van der Waals surface area (Å²) in [5.41, 5.74) is 1.50. The van der Waals surface area contributed by atoms with Gasteiger partial charge in [-0.2, -0.15) is 11.8 Å². The first-order valence-corrected chi connectivity index (χ1v) is 7.39. The highest BCUT2D eigenvalue weighted by molar-refractivity contribution is 7.99. The van der Waals surface area contributed by atoms with Gasteiger partial charge in [-0.1, -0.05) is 6.92 Å². The Hall–Kier alpha value is -1.23. The van der Waals surface area contributed by atoms with Crippen molar-refractivity contribution in [2.24, 2.45) is 0 Å². The molecule has 1 atom stereocenters. The highest BCUT2D eigenvalue weighted by Gasteiger charge is 2.09. The number of hydrogen-bond donors (Lipinski definition) is 2. The molecule has 2 N–H and O–H groups in total. The van der Waals surface area contributed by atoms with Crippen LogP contribution in [0, 0.1) is 6.92 Å². The number of aryl methyl sites for hydroxylation is 1. The predicted octanol–water partition coefficient (Wildman–Crippen LogP) is 2.30. The van der Waals surface area contributed by atoms with Gasteiger partial charge in [0, 0.05) is 29.6 Å². The van der Waals surface area contributed by atoms with Crippen LogP contribution in [0.15, 0.2) is 12.1 Å². The van der Waals surface area contributed by atoms with Gasteiger partial charge in [-0.15, -0.1) is 0 Å². The quantitative estimate of drug-likeness (QED) is 0.830. The van der Waals surface area contributed by atoms with E-state index in [9.17, 15) is 4.79 Å². The molecule has 0 saturated carbocycles. The summed E-state index contributed by atoms with van der Waals surface area (Å²) in [5.74, 6) is 0.709. The first-order valence-electron chi connectivity index (χ1n) is 6.10. The zero-order valence-corrected chi connectivity index (χ0v) is 12.2. The van der Waals surface area contributed by atoms with E-state index in [0.29, 0.717) is 17.4 Å². The number of carbonyl (C=O) groups is 1. The van der Waals surface area contributed by atoms with Crippen molar-refractivity contribution < 1.29 is 4.79 Å². The van der Waals surface area contributed by atoms with Gasteiger partial charge >= 0.3 is 0 Å². The largest absolute Gasteiger partial charge is 0.370 e. The summed E-state index contributed by atoms with van der Waals surface area (Å²) in [6, 6.07) is 3.59. The number of carbonyl (C=O) groups excluding carboxylic acids is 1. The van der Waals surface area contributed by atoms with Crippen LogP contribution in [-0.4, -0.2) is 35.5 Å². The zero-order valence-electron chi connectivity index (χ0n) is 11.4. The fraction of sp³-hybridized carbons (Fsp3) is 0.538. The molecule has 0 aliphatic rings. The van der Waals surface area contributed by atoms with Crippen molar-refractivity contribution in [3.8, 4) is 0 Å². The summed E-state index contributed by atoms with van der Waals surface area (Å²) < 4.78 is 0. The number of hydrogen-bond acceptors (Lipinski definition) is 4. The Kier molecular flexibility index (Phi) is 5.98. The zero-order chi connectivity index (χ0) is 13.5. The second kappa shape index (κ2) is 7.26. The van der Waals surface area contributed by atoms with E-state index < -0.39 is 0 Å². The molecular weight excluding hydrogens is 246 g/mol. The van der Waals surface area contributed by atoms with Gasteiger partial charge in [0.25, 0.3) is 5.91 Å². The van der Waals surface area contributed by atoms with Crippen molar-refractivity contribution in [1.29, 1.82) is 0 Å². The van der Waals surface area contributed by atoms with E-state index in [2.05, 4.69) is 22.5 Å². The van der Waals surface area contributed by atoms with Gasteiger partial charge in [-0.25, -0.2) is 4.98 Å². The summed E-state index contributed by atoms with van der Waals surface area (Å²) in [7, 11) is 0. The summed E-state index contributed by atoms with van der Waals surface area (Å²) in [4.78, 5) is 16.3. The van der Waals surface area contributed by atoms with E-state index in [1.165, 1.54) is 0 Å². The normalized spacial score (nSPS) is 12.0. The molecule has 0 saturated heterocycles. The maximum Gasteiger partial charge on any atom is 0.251 e. The minimum absolute atomic E-state index is 0.0412. The Balaban J connectivity index is 2.72. The average molecular weight is 267 g/mol. The Labute approximate surface area is 113 Å². The van der Waals surface area contributed by atoms with Gasteiger partial charge in [0.1, 0.15) is 5.82 Å². The van der Waals surface area contributed by atoms with Crippen LogP contribution in [0.4, 0.5) is 5.82 Å². The van der Waals surface area contributed by atoms with Crippen LogP contribution in [0.3, 0.4) is 0 Å². The molecule has 1 heterocycles. The average Bonchev–Trinajstić information content (AvgIpc) is 2.35. The van der Waals surface area contributed by atoms with Crippen LogP contribution in [0.1, 0.15) is 29.9 Å². The molecule has 1 unspecified atom stereocenters. The SMILES string of the molecule is CCNc1cc(C(=O)NCC(C)SC)cc(C)n1. The van der Waals surface area contributed by atoms with Crippen LogP contribution < -0.4 is 10.6 Å². The lowest BCUT2D eigenvalue weighted by Gasteiger charge is -2.11. The lowest BCUT2D eigenvalue weighted by molar-refractivity contribution is 0.0954. The van der Waals surface area contributed by atoms with Crippen molar-refractivity contribution in [2.45, 2.75) is 26.0 Å². The maximum atomic E-state index is 12.0. The van der Waals surface area contributed by atoms with Gasteiger partial charge < -0.3 is 10.6 Å². The molecule has 1 amide bonds. The second-order valence-corrected chi connectivity index (χ2v) is 5.45. The number of nitrogens with zero attached hydrogens (tertiary/aromatic N) is 1. The molecule has 0 aliphatic heterocycles. The fourth-order valence-electron chi connectivity index (χ4n) is 1.49. The van der Waals surface area contributed by atoms with Crippen molar-refractivity contribution >= 4 is 23.5 Å². The molecule has 100 valence electrons. The lowest BCUT2D eigenvalue weighted by atomic mass is 10.2. The topological polar surface area (TPSA) is 54.0 Å². The van der Waals surface area contributed by atoms with Crippen molar-refractivity contribution in [3.05, 3.63) is 23.4 Å². The third-order valence-corrected chi connectivity index (χ3v) is 3.50. The third-order valence-electron chi connectivity index (χ3n) is 2.53. The maximum absolute atomic E-state index is 12.0. The summed E-state index contributed by atoms with van der Waals surface area (Å²) >= 11 is 1.74. The molecule has 1 rings (SSSR count). The van der Waals surface area contributed by atoms with Crippen molar-refractivity contribution in [2.75, 3.05) is 24.7 Å². The number of nitrogens with one attached hydrogen (secondary N) is 2. The summed E-state index contributed by atoms with van der Waals surface area (Å²) in [5, 5.41) is 6.48. The number of rotatable bonds is 6. The number of aromatic nitrogens is 1. The van der Waals surface area contributed by atoms with Crippen molar-refractivity contribution in [3.63, 3.8) is 0 Å². The van der Waals surface area contributed by atoms with E-state index >= 15 is 0 Å².